The molecule has 84 valence electrons. The Balaban J connectivity index is 2.93. The molecule has 0 aromatic carbocycles. The van der Waals surface area contributed by atoms with Gasteiger partial charge in [0.1, 0.15) is 5.69 Å². The first-order chi connectivity index (χ1) is 7.04. The number of aromatic nitrogens is 2. The molecular weight excluding hydrogens is 188 g/mol. The van der Waals surface area contributed by atoms with E-state index in [0.29, 0.717) is 11.6 Å². The molecule has 3 heteroatoms. The van der Waals surface area contributed by atoms with Crippen molar-refractivity contribution in [3.8, 4) is 0 Å². The Bertz CT molecular complexity index is 368. The van der Waals surface area contributed by atoms with Crippen LogP contribution in [0, 0.1) is 5.92 Å². The zero-order chi connectivity index (χ0) is 11.4. The number of rotatable bonds is 4. The number of hydrogen-bond acceptors (Lipinski definition) is 2. The third-order valence-corrected chi connectivity index (χ3v) is 2.57. The molecule has 0 unspecified atom stereocenters. The fourth-order valence-electron chi connectivity index (χ4n) is 1.54. The normalized spacial score (nSPS) is 13.1. The first-order valence-corrected chi connectivity index (χ1v) is 5.62. The van der Waals surface area contributed by atoms with E-state index < -0.39 is 0 Å². The monoisotopic (exact) mass is 208 g/mol. The fraction of sp³-hybridized carbons (Fsp3) is 0.667. The lowest BCUT2D eigenvalue weighted by molar-refractivity contribution is 0.623. The van der Waals surface area contributed by atoms with Crippen LogP contribution in [0.2, 0.25) is 0 Å². The Kier molecular flexibility index (Phi) is 4.06. The van der Waals surface area contributed by atoms with Gasteiger partial charge in [-0.2, -0.15) is 0 Å². The standard InChI is InChI=1S/C12H20N2O/c1-5-9(4)11-12(15)14-10(7-13-11)6-8(2)3/h7-9H,5-6H2,1-4H3,(H,14,15)/t9-/m1/s1. The number of hydrogen-bond donors (Lipinski definition) is 1. The average Bonchev–Trinajstić information content (AvgIpc) is 2.16. The molecule has 0 aliphatic carbocycles. The van der Waals surface area contributed by atoms with Crippen molar-refractivity contribution in [2.75, 3.05) is 0 Å². The van der Waals surface area contributed by atoms with Crippen LogP contribution in [-0.4, -0.2) is 9.97 Å². The summed E-state index contributed by atoms with van der Waals surface area (Å²) in [5.41, 5.74) is 1.56. The van der Waals surface area contributed by atoms with Gasteiger partial charge in [-0.3, -0.25) is 9.78 Å². The van der Waals surface area contributed by atoms with Crippen molar-refractivity contribution in [2.24, 2.45) is 5.92 Å². The number of nitrogens with zero attached hydrogens (tertiary/aromatic N) is 1. The molecule has 3 nitrogen and oxygen atoms in total. The van der Waals surface area contributed by atoms with Crippen molar-refractivity contribution >= 4 is 0 Å². The minimum Gasteiger partial charge on any atom is -0.323 e. The summed E-state index contributed by atoms with van der Waals surface area (Å²) in [7, 11) is 0. The second-order valence-corrected chi connectivity index (χ2v) is 4.53. The van der Waals surface area contributed by atoms with Gasteiger partial charge in [-0.1, -0.05) is 27.7 Å². The average molecular weight is 208 g/mol. The third-order valence-electron chi connectivity index (χ3n) is 2.57. The molecule has 1 N–H and O–H groups in total. The van der Waals surface area contributed by atoms with E-state index in [0.717, 1.165) is 18.5 Å². The lowest BCUT2D eigenvalue weighted by Gasteiger charge is -2.08. The van der Waals surface area contributed by atoms with Gasteiger partial charge in [0, 0.05) is 17.8 Å². The van der Waals surface area contributed by atoms with E-state index in [4.69, 9.17) is 0 Å². The Labute approximate surface area is 91.0 Å². The molecule has 0 spiro atoms. The van der Waals surface area contributed by atoms with Gasteiger partial charge in [-0.25, -0.2) is 0 Å². The summed E-state index contributed by atoms with van der Waals surface area (Å²) < 4.78 is 0. The molecule has 0 amide bonds. The van der Waals surface area contributed by atoms with E-state index in [1.54, 1.807) is 6.20 Å². The minimum absolute atomic E-state index is 0.0255. The minimum atomic E-state index is -0.0255. The Morgan fingerprint density at radius 3 is 2.53 bits per heavy atom. The smallest absolute Gasteiger partial charge is 0.270 e. The number of nitrogens with one attached hydrogen (secondary N) is 1. The molecule has 0 aliphatic rings. The SMILES string of the molecule is CC[C@@H](C)c1ncc(CC(C)C)[nH]c1=O. The van der Waals surface area contributed by atoms with Crippen molar-refractivity contribution in [3.05, 3.63) is 27.9 Å². The predicted octanol–water partition coefficient (Wildman–Crippen LogP) is 2.48. The molecule has 0 aliphatic heterocycles. The summed E-state index contributed by atoms with van der Waals surface area (Å²) in [6.07, 6.45) is 3.62. The zero-order valence-corrected chi connectivity index (χ0v) is 10.0. The van der Waals surface area contributed by atoms with Crippen LogP contribution in [0.15, 0.2) is 11.0 Å². The van der Waals surface area contributed by atoms with Crippen molar-refractivity contribution in [1.82, 2.24) is 9.97 Å². The van der Waals surface area contributed by atoms with E-state index in [-0.39, 0.29) is 11.5 Å². The molecule has 0 fully saturated rings. The van der Waals surface area contributed by atoms with Gasteiger partial charge in [0.15, 0.2) is 0 Å². The number of H-pyrrole nitrogens is 1. The highest BCUT2D eigenvalue weighted by Crippen LogP contribution is 2.12. The Hall–Kier alpha value is -1.12. The van der Waals surface area contributed by atoms with Crippen molar-refractivity contribution in [2.45, 2.75) is 46.5 Å². The highest BCUT2D eigenvalue weighted by molar-refractivity contribution is 5.07. The van der Waals surface area contributed by atoms with E-state index >= 15 is 0 Å². The Morgan fingerprint density at radius 1 is 1.40 bits per heavy atom. The summed E-state index contributed by atoms with van der Waals surface area (Å²) in [6, 6.07) is 0. The molecular formula is C12H20N2O. The summed E-state index contributed by atoms with van der Waals surface area (Å²) in [6.45, 7) is 8.34. The van der Waals surface area contributed by atoms with Gasteiger partial charge in [0.25, 0.3) is 5.56 Å². The van der Waals surface area contributed by atoms with Gasteiger partial charge < -0.3 is 4.98 Å². The molecule has 0 saturated carbocycles. The fourth-order valence-corrected chi connectivity index (χ4v) is 1.54. The zero-order valence-electron chi connectivity index (χ0n) is 10.0. The second kappa shape index (κ2) is 5.10. The largest absolute Gasteiger partial charge is 0.323 e. The van der Waals surface area contributed by atoms with Gasteiger partial charge in [-0.15, -0.1) is 0 Å². The number of aromatic amines is 1. The maximum absolute atomic E-state index is 11.7. The topological polar surface area (TPSA) is 45.8 Å². The predicted molar refractivity (Wildman–Crippen MR) is 62.1 cm³/mol. The van der Waals surface area contributed by atoms with Crippen LogP contribution in [0.25, 0.3) is 0 Å². The molecule has 1 rings (SSSR count). The second-order valence-electron chi connectivity index (χ2n) is 4.53. The van der Waals surface area contributed by atoms with Crippen molar-refractivity contribution in [3.63, 3.8) is 0 Å². The van der Waals surface area contributed by atoms with Crippen LogP contribution in [0.3, 0.4) is 0 Å². The van der Waals surface area contributed by atoms with Gasteiger partial charge in [0.05, 0.1) is 0 Å². The van der Waals surface area contributed by atoms with Crippen LogP contribution in [0.4, 0.5) is 0 Å². The molecule has 1 heterocycles. The van der Waals surface area contributed by atoms with Gasteiger partial charge in [0.2, 0.25) is 0 Å². The van der Waals surface area contributed by atoms with Crippen LogP contribution < -0.4 is 5.56 Å². The highest BCUT2D eigenvalue weighted by atomic mass is 16.1. The van der Waals surface area contributed by atoms with Crippen molar-refractivity contribution < 1.29 is 0 Å². The van der Waals surface area contributed by atoms with E-state index in [2.05, 4.69) is 30.7 Å². The molecule has 15 heavy (non-hydrogen) atoms. The summed E-state index contributed by atoms with van der Waals surface area (Å²) in [5.74, 6) is 0.777. The molecule has 0 bridgehead atoms. The first-order valence-electron chi connectivity index (χ1n) is 5.62. The molecule has 1 atom stereocenters. The quantitative estimate of drug-likeness (QED) is 0.826. The van der Waals surface area contributed by atoms with E-state index in [1.165, 1.54) is 0 Å². The van der Waals surface area contributed by atoms with Crippen LogP contribution in [-0.2, 0) is 6.42 Å². The maximum atomic E-state index is 11.7. The molecule has 0 radical (unpaired) electrons. The van der Waals surface area contributed by atoms with Gasteiger partial charge >= 0.3 is 0 Å². The third kappa shape index (κ3) is 3.18. The summed E-state index contributed by atoms with van der Waals surface area (Å²) >= 11 is 0. The first kappa shape index (κ1) is 12.0. The van der Waals surface area contributed by atoms with Gasteiger partial charge in [-0.05, 0) is 18.8 Å². The maximum Gasteiger partial charge on any atom is 0.270 e. The molecule has 0 saturated heterocycles. The molecule has 1 aromatic heterocycles. The van der Waals surface area contributed by atoms with E-state index in [1.807, 2.05) is 6.92 Å². The summed E-state index contributed by atoms with van der Waals surface area (Å²) in [4.78, 5) is 18.9. The molecule has 1 aromatic rings. The highest BCUT2D eigenvalue weighted by Gasteiger charge is 2.10. The lowest BCUT2D eigenvalue weighted by Crippen LogP contribution is -2.19. The van der Waals surface area contributed by atoms with Crippen molar-refractivity contribution in [1.29, 1.82) is 0 Å². The van der Waals surface area contributed by atoms with Crippen LogP contribution in [0.1, 0.15) is 51.4 Å². The Morgan fingerprint density at radius 2 is 2.07 bits per heavy atom. The lowest BCUT2D eigenvalue weighted by atomic mass is 10.0. The van der Waals surface area contributed by atoms with Crippen LogP contribution in [0.5, 0.6) is 0 Å². The van der Waals surface area contributed by atoms with Crippen LogP contribution >= 0.6 is 0 Å². The summed E-state index contributed by atoms with van der Waals surface area (Å²) in [5, 5.41) is 0. The van der Waals surface area contributed by atoms with E-state index in [9.17, 15) is 4.79 Å².